The van der Waals surface area contributed by atoms with Crippen LogP contribution in [0.1, 0.15) is 37.4 Å². The summed E-state index contributed by atoms with van der Waals surface area (Å²) in [5.74, 6) is -0.452. The molecule has 3 aromatic rings. The maximum atomic E-state index is 12.8. The van der Waals surface area contributed by atoms with E-state index in [4.69, 9.17) is 0 Å². The number of anilines is 1. The molecule has 2 amide bonds. The molecule has 2 atom stereocenters. The van der Waals surface area contributed by atoms with Gasteiger partial charge in [-0.05, 0) is 35.0 Å². The van der Waals surface area contributed by atoms with Crippen molar-refractivity contribution in [3.63, 3.8) is 0 Å². The quantitative estimate of drug-likeness (QED) is 0.531. The van der Waals surface area contributed by atoms with Gasteiger partial charge in [-0.1, -0.05) is 24.3 Å². The predicted octanol–water partition coefficient (Wildman–Crippen LogP) is 3.36. The van der Waals surface area contributed by atoms with Crippen LogP contribution in [0.3, 0.4) is 0 Å². The Morgan fingerprint density at radius 1 is 0.926 bits per heavy atom. The van der Waals surface area contributed by atoms with Crippen LogP contribution in [0, 0.1) is 0 Å². The number of hydrogen-bond acceptors (Lipinski definition) is 6. The summed E-state index contributed by atoms with van der Waals surface area (Å²) in [7, 11) is 0. The van der Waals surface area contributed by atoms with E-state index in [2.05, 4.69) is 27.6 Å². The Morgan fingerprint density at radius 2 is 1.74 bits per heavy atom. The van der Waals surface area contributed by atoms with Crippen LogP contribution in [0.4, 0.5) is 5.69 Å². The molecule has 4 rings (SSSR count). The summed E-state index contributed by atoms with van der Waals surface area (Å²) in [5.41, 5.74) is 7.25. The monoisotopic (exact) mass is 398 g/mol. The highest BCUT2D eigenvalue weighted by Crippen LogP contribution is 2.25. The van der Waals surface area contributed by atoms with Crippen molar-refractivity contribution in [2.75, 3.05) is 5.32 Å². The first kappa shape index (κ1) is 17.9. The van der Waals surface area contributed by atoms with Gasteiger partial charge in [0.2, 0.25) is 0 Å². The van der Waals surface area contributed by atoms with Crippen LogP contribution in [-0.2, 0) is 0 Å². The Kier molecular flexibility index (Phi) is 5.30. The third-order valence-electron chi connectivity index (χ3n) is 4.26. The van der Waals surface area contributed by atoms with Gasteiger partial charge in [-0.15, -0.1) is 22.7 Å². The third kappa shape index (κ3) is 4.09. The Labute approximate surface area is 164 Å². The zero-order valence-electron chi connectivity index (χ0n) is 14.3. The van der Waals surface area contributed by atoms with Crippen molar-refractivity contribution in [2.45, 2.75) is 18.6 Å². The molecule has 2 aromatic heterocycles. The van der Waals surface area contributed by atoms with E-state index in [1.54, 1.807) is 41.7 Å². The number of carbonyl (C=O) groups excluding carboxylic acids is 2. The van der Waals surface area contributed by atoms with E-state index in [0.29, 0.717) is 16.1 Å². The first-order valence-corrected chi connectivity index (χ1v) is 10.3. The normalized spacial score (nSPS) is 19.0. The minimum Gasteiger partial charge on any atom is -0.335 e. The van der Waals surface area contributed by atoms with Gasteiger partial charge in [0.05, 0.1) is 28.3 Å². The molecule has 1 aliphatic rings. The molecule has 0 spiro atoms. The molecule has 6 nitrogen and oxygen atoms in total. The number of hydrogen-bond donors (Lipinski definition) is 4. The number of para-hydroxylation sites is 1. The second-order valence-electron chi connectivity index (χ2n) is 6.10. The molecule has 3 heterocycles. The Morgan fingerprint density at radius 3 is 2.52 bits per heavy atom. The number of nitrogens with one attached hydrogen (secondary N) is 4. The lowest BCUT2D eigenvalue weighted by Crippen LogP contribution is -2.44. The van der Waals surface area contributed by atoms with Crippen LogP contribution in [0.2, 0.25) is 0 Å². The van der Waals surface area contributed by atoms with Crippen molar-refractivity contribution in [2.24, 2.45) is 0 Å². The summed E-state index contributed by atoms with van der Waals surface area (Å²) in [6.07, 6.45) is 0.557. The summed E-state index contributed by atoms with van der Waals surface area (Å²) in [6, 6.07) is 14.8. The number of thiophene rings is 2. The van der Waals surface area contributed by atoms with Gasteiger partial charge in [-0.3, -0.25) is 9.59 Å². The molecule has 1 aliphatic heterocycles. The molecule has 2 unspecified atom stereocenters. The lowest BCUT2D eigenvalue weighted by atomic mass is 10.1. The number of hydrazine groups is 1. The van der Waals surface area contributed by atoms with E-state index in [1.165, 1.54) is 16.2 Å². The highest BCUT2D eigenvalue weighted by atomic mass is 32.1. The SMILES string of the molecule is O=C(Nc1ccccc1C(=O)NC1CC(c2cccs2)NN1)c1cccs1. The average molecular weight is 399 g/mol. The number of rotatable bonds is 5. The van der Waals surface area contributed by atoms with Crippen molar-refractivity contribution in [1.82, 2.24) is 16.2 Å². The fourth-order valence-electron chi connectivity index (χ4n) is 2.94. The van der Waals surface area contributed by atoms with Crippen LogP contribution in [0.15, 0.2) is 59.3 Å². The number of carbonyl (C=O) groups is 2. The highest BCUT2D eigenvalue weighted by Gasteiger charge is 2.27. The van der Waals surface area contributed by atoms with Crippen molar-refractivity contribution in [3.05, 3.63) is 74.6 Å². The maximum Gasteiger partial charge on any atom is 0.265 e. The Bertz CT molecular complexity index is 925. The molecule has 8 heteroatoms. The second kappa shape index (κ2) is 8.01. The van der Waals surface area contributed by atoms with Gasteiger partial charge in [-0.25, -0.2) is 10.9 Å². The maximum absolute atomic E-state index is 12.8. The minimum absolute atomic E-state index is 0.170. The smallest absolute Gasteiger partial charge is 0.265 e. The van der Waals surface area contributed by atoms with E-state index in [0.717, 1.165) is 6.42 Å². The number of amides is 2. The van der Waals surface area contributed by atoms with Gasteiger partial charge < -0.3 is 10.6 Å². The first-order valence-electron chi connectivity index (χ1n) is 8.50. The Balaban J connectivity index is 1.42. The minimum atomic E-state index is -0.233. The first-order chi connectivity index (χ1) is 13.2. The second-order valence-corrected chi connectivity index (χ2v) is 8.02. The third-order valence-corrected chi connectivity index (χ3v) is 6.11. The fourth-order valence-corrected chi connectivity index (χ4v) is 4.35. The largest absolute Gasteiger partial charge is 0.335 e. The molecule has 0 radical (unpaired) electrons. The summed E-state index contributed by atoms with van der Waals surface area (Å²) >= 11 is 3.04. The lowest BCUT2D eigenvalue weighted by molar-refractivity contribution is 0.0933. The van der Waals surface area contributed by atoms with Crippen molar-refractivity contribution < 1.29 is 9.59 Å². The van der Waals surface area contributed by atoms with Crippen LogP contribution >= 0.6 is 22.7 Å². The zero-order valence-corrected chi connectivity index (χ0v) is 15.9. The molecule has 1 fully saturated rings. The molecule has 27 heavy (non-hydrogen) atoms. The van der Waals surface area contributed by atoms with Crippen LogP contribution in [-0.4, -0.2) is 18.0 Å². The lowest BCUT2D eigenvalue weighted by Gasteiger charge is -2.15. The van der Waals surface area contributed by atoms with Gasteiger partial charge in [0.25, 0.3) is 11.8 Å². The molecule has 138 valence electrons. The summed E-state index contributed by atoms with van der Waals surface area (Å²) in [6.45, 7) is 0. The summed E-state index contributed by atoms with van der Waals surface area (Å²) in [5, 5.41) is 9.69. The topological polar surface area (TPSA) is 82.3 Å². The molecular weight excluding hydrogens is 380 g/mol. The van der Waals surface area contributed by atoms with E-state index in [1.807, 2.05) is 22.9 Å². The Hall–Kier alpha value is -2.52. The fraction of sp³-hybridized carbons (Fsp3) is 0.158. The van der Waals surface area contributed by atoms with Gasteiger partial charge in [0, 0.05) is 11.3 Å². The molecule has 0 aliphatic carbocycles. The van der Waals surface area contributed by atoms with E-state index >= 15 is 0 Å². The van der Waals surface area contributed by atoms with Crippen molar-refractivity contribution in [3.8, 4) is 0 Å². The molecule has 1 saturated heterocycles. The summed E-state index contributed by atoms with van der Waals surface area (Å²) < 4.78 is 0. The van der Waals surface area contributed by atoms with Gasteiger partial charge in [-0.2, -0.15) is 0 Å². The highest BCUT2D eigenvalue weighted by molar-refractivity contribution is 7.12. The van der Waals surface area contributed by atoms with Crippen LogP contribution in [0.5, 0.6) is 0 Å². The van der Waals surface area contributed by atoms with Crippen LogP contribution < -0.4 is 21.5 Å². The molecule has 0 saturated carbocycles. The summed E-state index contributed by atoms with van der Waals surface area (Å²) in [4.78, 5) is 26.9. The molecular formula is C19H18N4O2S2. The number of benzene rings is 1. The van der Waals surface area contributed by atoms with E-state index in [9.17, 15) is 9.59 Å². The van der Waals surface area contributed by atoms with Crippen molar-refractivity contribution >= 4 is 40.2 Å². The predicted molar refractivity (Wildman–Crippen MR) is 108 cm³/mol. The van der Waals surface area contributed by atoms with Gasteiger partial charge >= 0.3 is 0 Å². The van der Waals surface area contributed by atoms with E-state index in [-0.39, 0.29) is 24.0 Å². The van der Waals surface area contributed by atoms with Crippen molar-refractivity contribution in [1.29, 1.82) is 0 Å². The molecule has 1 aromatic carbocycles. The average Bonchev–Trinajstić information content (AvgIpc) is 3.43. The van der Waals surface area contributed by atoms with E-state index < -0.39 is 0 Å². The molecule has 4 N–H and O–H groups in total. The van der Waals surface area contributed by atoms with Gasteiger partial charge in [0.1, 0.15) is 0 Å². The standard InChI is InChI=1S/C19H18N4O2S2/c24-18(21-17-11-14(22-23-17)15-7-3-9-26-15)12-5-1-2-6-13(12)20-19(25)16-8-4-10-27-16/h1-10,14,17,22-23H,11H2,(H,20,25)(H,21,24). The molecule has 0 bridgehead atoms. The van der Waals surface area contributed by atoms with Gasteiger partial charge in [0.15, 0.2) is 0 Å². The van der Waals surface area contributed by atoms with Crippen LogP contribution in [0.25, 0.3) is 0 Å². The zero-order chi connectivity index (χ0) is 18.6.